The highest BCUT2D eigenvalue weighted by Gasteiger charge is 2.53. The quantitative estimate of drug-likeness (QED) is 0.824. The second-order valence-electron chi connectivity index (χ2n) is 5.82. The second-order valence-corrected chi connectivity index (χ2v) is 5.82. The molecule has 2 atom stereocenters. The van der Waals surface area contributed by atoms with E-state index in [1.165, 1.54) is 4.90 Å². The minimum Gasteiger partial charge on any atom is -0.450 e. The number of carbonyl (C=O) groups is 1. The molecule has 124 valence electrons. The molecule has 2 aliphatic rings. The third-order valence-electron chi connectivity index (χ3n) is 4.80. The van der Waals surface area contributed by atoms with Crippen LogP contribution in [0.5, 0.6) is 0 Å². The van der Waals surface area contributed by atoms with Gasteiger partial charge in [0.1, 0.15) is 6.07 Å². The summed E-state index contributed by atoms with van der Waals surface area (Å²) in [5, 5.41) is 28.8. The zero-order valence-electron chi connectivity index (χ0n) is 13.7. The van der Waals surface area contributed by atoms with Gasteiger partial charge in [-0.05, 0) is 18.9 Å². The van der Waals surface area contributed by atoms with E-state index in [1.807, 2.05) is 25.1 Å². The van der Waals surface area contributed by atoms with Crippen LogP contribution in [0.25, 0.3) is 0 Å². The van der Waals surface area contributed by atoms with E-state index in [4.69, 9.17) is 10.5 Å². The maximum Gasteiger partial charge on any atom is 0.410 e. The number of hydrogen-bond donors (Lipinski definition) is 1. The van der Waals surface area contributed by atoms with Crippen molar-refractivity contribution in [2.45, 2.75) is 20.3 Å². The van der Waals surface area contributed by atoms with Gasteiger partial charge in [-0.15, -0.1) is 0 Å². The molecular formula is C17H19N5O2. The molecule has 0 radical (unpaired) electrons. The number of carbonyl (C=O) groups excluding carboxylic acids is 1. The highest BCUT2D eigenvalue weighted by atomic mass is 16.6. The van der Waals surface area contributed by atoms with Crippen molar-refractivity contribution in [1.29, 1.82) is 15.8 Å². The van der Waals surface area contributed by atoms with E-state index in [0.29, 0.717) is 19.5 Å². The molecule has 0 unspecified atom stereocenters. The Morgan fingerprint density at radius 2 is 2.08 bits per heavy atom. The molecule has 1 heterocycles. The van der Waals surface area contributed by atoms with Crippen molar-refractivity contribution in [1.82, 2.24) is 4.90 Å². The van der Waals surface area contributed by atoms with Crippen LogP contribution in [-0.4, -0.2) is 30.7 Å². The molecule has 24 heavy (non-hydrogen) atoms. The summed E-state index contributed by atoms with van der Waals surface area (Å²) in [5.74, 6) is -0.692. The Bertz CT molecular complexity index is 718. The average molecular weight is 325 g/mol. The predicted molar refractivity (Wildman–Crippen MR) is 84.4 cm³/mol. The van der Waals surface area contributed by atoms with Crippen LogP contribution in [0.15, 0.2) is 22.9 Å². The lowest BCUT2D eigenvalue weighted by atomic mass is 9.59. The number of hydrogen-bond acceptors (Lipinski definition) is 6. The van der Waals surface area contributed by atoms with Crippen molar-refractivity contribution in [2.24, 2.45) is 23.0 Å². The number of ether oxygens (including phenoxy) is 1. The first-order chi connectivity index (χ1) is 11.5. The first-order valence-corrected chi connectivity index (χ1v) is 7.85. The third kappa shape index (κ3) is 2.37. The van der Waals surface area contributed by atoms with Crippen LogP contribution in [0, 0.1) is 51.2 Å². The maximum absolute atomic E-state index is 12.0. The smallest absolute Gasteiger partial charge is 0.410 e. The molecule has 0 bridgehead atoms. The van der Waals surface area contributed by atoms with Gasteiger partial charge in [0.2, 0.25) is 0 Å². The largest absolute Gasteiger partial charge is 0.450 e. The van der Waals surface area contributed by atoms with Crippen molar-refractivity contribution in [3.05, 3.63) is 22.9 Å². The molecule has 2 rings (SSSR count). The van der Waals surface area contributed by atoms with E-state index in [1.54, 1.807) is 13.0 Å². The lowest BCUT2D eigenvalue weighted by Gasteiger charge is -2.44. The molecule has 0 fully saturated rings. The summed E-state index contributed by atoms with van der Waals surface area (Å²) in [6.07, 6.45) is 1.86. The summed E-state index contributed by atoms with van der Waals surface area (Å²) in [5.41, 5.74) is 5.45. The van der Waals surface area contributed by atoms with Crippen molar-refractivity contribution >= 4 is 6.09 Å². The highest BCUT2D eigenvalue weighted by Crippen LogP contribution is 2.50. The summed E-state index contributed by atoms with van der Waals surface area (Å²) in [4.78, 5) is 13.6. The van der Waals surface area contributed by atoms with Crippen LogP contribution in [0.3, 0.4) is 0 Å². The Labute approximate surface area is 141 Å². The van der Waals surface area contributed by atoms with Gasteiger partial charge in [-0.1, -0.05) is 13.0 Å². The van der Waals surface area contributed by atoms with Gasteiger partial charge in [0, 0.05) is 24.9 Å². The summed E-state index contributed by atoms with van der Waals surface area (Å²) in [7, 11) is 0. The van der Waals surface area contributed by atoms with Crippen LogP contribution >= 0.6 is 0 Å². The molecule has 0 aromatic heterocycles. The molecule has 7 nitrogen and oxygen atoms in total. The van der Waals surface area contributed by atoms with E-state index < -0.39 is 17.4 Å². The zero-order valence-corrected chi connectivity index (χ0v) is 13.7. The van der Waals surface area contributed by atoms with Gasteiger partial charge in [-0.25, -0.2) is 4.79 Å². The second kappa shape index (κ2) is 6.64. The minimum absolute atomic E-state index is 0.0222. The summed E-state index contributed by atoms with van der Waals surface area (Å²) in [6.45, 7) is 4.48. The number of nitrogens with zero attached hydrogens (tertiary/aromatic N) is 4. The number of allylic oxidation sites excluding steroid dienone is 2. The van der Waals surface area contributed by atoms with Crippen LogP contribution in [-0.2, 0) is 4.74 Å². The maximum atomic E-state index is 12.0. The molecule has 1 aliphatic heterocycles. The summed E-state index contributed by atoms with van der Waals surface area (Å²) in [6, 6.07) is 6.09. The minimum atomic E-state index is -1.56. The van der Waals surface area contributed by atoms with E-state index in [2.05, 4.69) is 0 Å². The molecule has 0 spiro atoms. The molecule has 0 saturated heterocycles. The molecule has 1 amide bonds. The standard InChI is InChI=1S/C17H19N5O2/c1-3-14-13-8-22(16(23)24-4-2)6-5-11(13)12(7-18)15(21)17(14,9-19)10-20/h5,13-14H,3-4,6,8,21H2,1-2H3/t13-,14+/m1/s1. The SMILES string of the molecule is CCOC(=O)N1CC=C2C(C#N)=C(N)C(C#N)(C#N)[C@@H](CC)[C@@H]2C1. The van der Waals surface area contributed by atoms with Gasteiger partial charge in [0.05, 0.1) is 30.0 Å². The van der Waals surface area contributed by atoms with Crippen LogP contribution in [0.4, 0.5) is 4.79 Å². The van der Waals surface area contributed by atoms with Gasteiger partial charge in [-0.2, -0.15) is 15.8 Å². The average Bonchev–Trinajstić information content (AvgIpc) is 2.60. The molecule has 1 aliphatic carbocycles. The predicted octanol–water partition coefficient (Wildman–Crippen LogP) is 1.81. The number of rotatable bonds is 2. The van der Waals surface area contributed by atoms with Crippen molar-refractivity contribution in [2.75, 3.05) is 19.7 Å². The Morgan fingerprint density at radius 3 is 2.58 bits per heavy atom. The molecular weight excluding hydrogens is 306 g/mol. The Morgan fingerprint density at radius 1 is 1.42 bits per heavy atom. The Balaban J connectivity index is 2.57. The monoisotopic (exact) mass is 325 g/mol. The lowest BCUT2D eigenvalue weighted by Crippen LogP contribution is -2.50. The molecule has 2 N–H and O–H groups in total. The molecule has 7 heteroatoms. The van der Waals surface area contributed by atoms with E-state index in [0.717, 1.165) is 5.57 Å². The first kappa shape index (κ1) is 17.4. The molecule has 0 saturated carbocycles. The summed E-state index contributed by atoms with van der Waals surface area (Å²) < 4.78 is 5.03. The number of fused-ring (bicyclic) bond motifs is 1. The Kier molecular flexibility index (Phi) is 4.81. The third-order valence-corrected chi connectivity index (χ3v) is 4.80. The van der Waals surface area contributed by atoms with Crippen molar-refractivity contribution in [3.8, 4) is 18.2 Å². The molecule has 0 aromatic rings. The van der Waals surface area contributed by atoms with Gasteiger partial charge in [0.25, 0.3) is 0 Å². The molecule has 0 aromatic carbocycles. The van der Waals surface area contributed by atoms with Crippen molar-refractivity contribution < 1.29 is 9.53 Å². The van der Waals surface area contributed by atoms with E-state index >= 15 is 0 Å². The van der Waals surface area contributed by atoms with Crippen LogP contribution < -0.4 is 5.73 Å². The van der Waals surface area contributed by atoms with Crippen LogP contribution in [0.1, 0.15) is 20.3 Å². The van der Waals surface area contributed by atoms with Crippen LogP contribution in [0.2, 0.25) is 0 Å². The van der Waals surface area contributed by atoms with Crippen molar-refractivity contribution in [3.63, 3.8) is 0 Å². The number of amides is 1. The van der Waals surface area contributed by atoms with Gasteiger partial charge >= 0.3 is 6.09 Å². The topological polar surface area (TPSA) is 127 Å². The summed E-state index contributed by atoms with van der Waals surface area (Å²) >= 11 is 0. The van der Waals surface area contributed by atoms with E-state index in [9.17, 15) is 20.6 Å². The normalized spacial score (nSPS) is 24.8. The zero-order chi connectivity index (χ0) is 17.9. The fourth-order valence-corrected chi connectivity index (χ4v) is 3.65. The Hall–Kier alpha value is -2.98. The fraction of sp³-hybridized carbons (Fsp3) is 0.529. The highest BCUT2D eigenvalue weighted by molar-refractivity contribution is 5.69. The first-order valence-electron chi connectivity index (χ1n) is 7.85. The number of nitriles is 3. The lowest BCUT2D eigenvalue weighted by molar-refractivity contribution is 0.0934. The number of nitrogens with two attached hydrogens (primary N) is 1. The van der Waals surface area contributed by atoms with Gasteiger partial charge < -0.3 is 15.4 Å². The van der Waals surface area contributed by atoms with E-state index in [-0.39, 0.29) is 23.8 Å². The fourth-order valence-electron chi connectivity index (χ4n) is 3.65. The van der Waals surface area contributed by atoms with Gasteiger partial charge in [-0.3, -0.25) is 0 Å². The van der Waals surface area contributed by atoms with Gasteiger partial charge in [0.15, 0.2) is 5.41 Å².